The lowest BCUT2D eigenvalue weighted by molar-refractivity contribution is 0.0946. The van der Waals surface area contributed by atoms with Crippen LogP contribution in [-0.2, 0) is 0 Å². The SMILES string of the molecule is CCN(CC)c1ccc2cc(C(N)=O)/c(=N/NC(=O)c3ccncc3)oc2c1. The topological polar surface area (TPSA) is 114 Å². The summed E-state index contributed by atoms with van der Waals surface area (Å²) >= 11 is 0. The molecule has 0 aliphatic heterocycles. The van der Waals surface area contributed by atoms with Crippen LogP contribution in [-0.4, -0.2) is 29.9 Å². The highest BCUT2D eigenvalue weighted by Gasteiger charge is 2.12. The van der Waals surface area contributed by atoms with Crippen molar-refractivity contribution in [3.63, 3.8) is 0 Å². The fraction of sp³-hybridized carbons (Fsp3) is 0.200. The molecule has 0 saturated heterocycles. The van der Waals surface area contributed by atoms with E-state index in [0.29, 0.717) is 16.5 Å². The molecule has 0 radical (unpaired) electrons. The Morgan fingerprint density at radius 1 is 1.14 bits per heavy atom. The monoisotopic (exact) mass is 379 g/mol. The summed E-state index contributed by atoms with van der Waals surface area (Å²) in [7, 11) is 0. The summed E-state index contributed by atoms with van der Waals surface area (Å²) in [5.74, 6) is -1.15. The Balaban J connectivity index is 2.04. The number of carbonyl (C=O) groups is 2. The second-order valence-corrected chi connectivity index (χ2v) is 6.01. The fourth-order valence-corrected chi connectivity index (χ4v) is 2.82. The van der Waals surface area contributed by atoms with E-state index in [-0.39, 0.29) is 11.1 Å². The van der Waals surface area contributed by atoms with Gasteiger partial charge in [-0.25, -0.2) is 5.43 Å². The van der Waals surface area contributed by atoms with Gasteiger partial charge in [0.15, 0.2) is 0 Å². The van der Waals surface area contributed by atoms with Crippen molar-refractivity contribution < 1.29 is 14.0 Å². The maximum absolute atomic E-state index is 12.2. The molecule has 28 heavy (non-hydrogen) atoms. The average molecular weight is 379 g/mol. The third-order valence-electron chi connectivity index (χ3n) is 4.33. The molecule has 1 aromatic carbocycles. The van der Waals surface area contributed by atoms with Crippen LogP contribution in [0.15, 0.2) is 58.3 Å². The van der Waals surface area contributed by atoms with Crippen LogP contribution in [0.3, 0.4) is 0 Å². The van der Waals surface area contributed by atoms with Gasteiger partial charge in [-0.3, -0.25) is 14.6 Å². The lowest BCUT2D eigenvalue weighted by atomic mass is 10.1. The lowest BCUT2D eigenvalue weighted by Gasteiger charge is -2.21. The Bertz CT molecular complexity index is 1070. The molecule has 3 rings (SSSR count). The van der Waals surface area contributed by atoms with Crippen molar-refractivity contribution >= 4 is 28.5 Å². The van der Waals surface area contributed by atoms with Crippen molar-refractivity contribution in [2.45, 2.75) is 13.8 Å². The van der Waals surface area contributed by atoms with Gasteiger partial charge in [0.25, 0.3) is 11.8 Å². The number of anilines is 1. The Kier molecular flexibility index (Phi) is 5.69. The van der Waals surface area contributed by atoms with Crippen LogP contribution in [0.1, 0.15) is 34.6 Å². The molecule has 0 aliphatic rings. The molecule has 2 aromatic heterocycles. The van der Waals surface area contributed by atoms with Crippen LogP contribution in [0.25, 0.3) is 11.0 Å². The molecule has 0 bridgehead atoms. The quantitative estimate of drug-likeness (QED) is 0.636. The largest absolute Gasteiger partial charge is 0.436 e. The molecule has 0 aliphatic carbocycles. The van der Waals surface area contributed by atoms with Crippen LogP contribution >= 0.6 is 0 Å². The van der Waals surface area contributed by atoms with E-state index in [1.54, 1.807) is 18.2 Å². The predicted molar refractivity (Wildman–Crippen MR) is 106 cm³/mol. The Morgan fingerprint density at radius 3 is 2.50 bits per heavy atom. The molecule has 3 aromatic rings. The molecule has 144 valence electrons. The van der Waals surface area contributed by atoms with E-state index in [4.69, 9.17) is 10.2 Å². The number of nitrogens with two attached hydrogens (primary N) is 1. The minimum atomic E-state index is -0.699. The van der Waals surface area contributed by atoms with E-state index in [0.717, 1.165) is 18.8 Å². The van der Waals surface area contributed by atoms with Gasteiger partial charge in [0, 0.05) is 48.2 Å². The van der Waals surface area contributed by atoms with Crippen molar-refractivity contribution in [3.8, 4) is 0 Å². The van der Waals surface area contributed by atoms with Crippen molar-refractivity contribution in [1.82, 2.24) is 10.4 Å². The smallest absolute Gasteiger partial charge is 0.271 e. The second-order valence-electron chi connectivity index (χ2n) is 6.01. The number of pyridine rings is 1. The Hall–Kier alpha value is -3.68. The molecule has 0 spiro atoms. The highest BCUT2D eigenvalue weighted by molar-refractivity contribution is 5.96. The summed E-state index contributed by atoms with van der Waals surface area (Å²) in [6, 6.07) is 10.4. The summed E-state index contributed by atoms with van der Waals surface area (Å²) in [6.07, 6.45) is 3.00. The van der Waals surface area contributed by atoms with E-state index in [2.05, 4.69) is 34.3 Å². The third kappa shape index (κ3) is 4.01. The van der Waals surface area contributed by atoms with Gasteiger partial charge in [0.2, 0.25) is 5.55 Å². The summed E-state index contributed by atoms with van der Waals surface area (Å²) in [5, 5.41) is 4.68. The number of amides is 2. The van der Waals surface area contributed by atoms with E-state index in [9.17, 15) is 9.59 Å². The van der Waals surface area contributed by atoms with Gasteiger partial charge in [-0.1, -0.05) is 0 Å². The highest BCUT2D eigenvalue weighted by Crippen LogP contribution is 2.21. The summed E-state index contributed by atoms with van der Waals surface area (Å²) < 4.78 is 5.80. The second kappa shape index (κ2) is 8.34. The van der Waals surface area contributed by atoms with Gasteiger partial charge in [-0.05, 0) is 44.2 Å². The van der Waals surface area contributed by atoms with Crippen molar-refractivity contribution in [3.05, 3.63) is 65.5 Å². The average Bonchev–Trinajstić information content (AvgIpc) is 2.72. The normalized spacial score (nSPS) is 11.4. The molecule has 8 heteroatoms. The fourth-order valence-electron chi connectivity index (χ4n) is 2.82. The van der Waals surface area contributed by atoms with Gasteiger partial charge in [0.1, 0.15) is 11.1 Å². The molecular formula is C20H21N5O3. The molecule has 0 unspecified atom stereocenters. The molecule has 2 heterocycles. The van der Waals surface area contributed by atoms with Crippen LogP contribution in [0.4, 0.5) is 5.69 Å². The number of nitrogens with one attached hydrogen (secondary N) is 1. The number of hydrogen-bond acceptors (Lipinski definition) is 6. The zero-order valence-corrected chi connectivity index (χ0v) is 15.7. The lowest BCUT2D eigenvalue weighted by Crippen LogP contribution is -2.27. The minimum Gasteiger partial charge on any atom is -0.436 e. The van der Waals surface area contributed by atoms with Crippen molar-refractivity contribution in [2.24, 2.45) is 10.8 Å². The number of nitrogens with zero attached hydrogens (tertiary/aromatic N) is 3. The maximum atomic E-state index is 12.2. The maximum Gasteiger partial charge on any atom is 0.271 e. The first kappa shape index (κ1) is 19.1. The first-order valence-corrected chi connectivity index (χ1v) is 8.90. The molecule has 8 nitrogen and oxygen atoms in total. The standard InChI is InChI=1S/C20H21N5O3/c1-3-25(4-2)15-6-5-14-11-16(18(21)26)20(28-17(14)12-15)24-23-19(27)13-7-9-22-10-8-13/h5-12H,3-4H2,1-2H3,(H2,21,26)(H,23,27)/b24-20-. The summed E-state index contributed by atoms with van der Waals surface area (Å²) in [4.78, 5) is 30.0. The van der Waals surface area contributed by atoms with Gasteiger partial charge in [-0.15, -0.1) is 5.10 Å². The third-order valence-corrected chi connectivity index (χ3v) is 4.33. The number of aromatic nitrogens is 1. The number of hydrogen-bond donors (Lipinski definition) is 2. The number of fused-ring (bicyclic) bond motifs is 1. The van der Waals surface area contributed by atoms with E-state index >= 15 is 0 Å². The van der Waals surface area contributed by atoms with Gasteiger partial charge in [-0.2, -0.15) is 0 Å². The Labute approximate surface area is 161 Å². The molecule has 3 N–H and O–H groups in total. The summed E-state index contributed by atoms with van der Waals surface area (Å²) in [5.41, 5.74) is 9.76. The van der Waals surface area contributed by atoms with Crippen LogP contribution in [0.5, 0.6) is 0 Å². The van der Waals surface area contributed by atoms with Crippen molar-refractivity contribution in [2.75, 3.05) is 18.0 Å². The number of primary amides is 1. The molecule has 2 amide bonds. The molecule has 0 atom stereocenters. The van der Waals surface area contributed by atoms with E-state index < -0.39 is 11.8 Å². The van der Waals surface area contributed by atoms with Crippen LogP contribution < -0.4 is 21.6 Å². The number of carbonyl (C=O) groups excluding carboxylic acids is 2. The van der Waals surface area contributed by atoms with Gasteiger partial charge >= 0.3 is 0 Å². The number of rotatable bonds is 6. The van der Waals surface area contributed by atoms with Crippen molar-refractivity contribution in [1.29, 1.82) is 0 Å². The van der Waals surface area contributed by atoms with Gasteiger partial charge < -0.3 is 15.1 Å². The molecular weight excluding hydrogens is 358 g/mol. The summed E-state index contributed by atoms with van der Waals surface area (Å²) in [6.45, 7) is 5.83. The zero-order valence-electron chi connectivity index (χ0n) is 15.7. The van der Waals surface area contributed by atoms with E-state index in [1.165, 1.54) is 12.4 Å². The van der Waals surface area contributed by atoms with Crippen LogP contribution in [0.2, 0.25) is 0 Å². The molecule has 0 saturated carbocycles. The van der Waals surface area contributed by atoms with Gasteiger partial charge in [0.05, 0.1) is 0 Å². The number of benzene rings is 1. The predicted octanol–water partition coefficient (Wildman–Crippen LogP) is 2.02. The first-order valence-electron chi connectivity index (χ1n) is 8.90. The minimum absolute atomic E-state index is 0.0564. The van der Waals surface area contributed by atoms with E-state index in [1.807, 2.05) is 18.2 Å². The van der Waals surface area contributed by atoms with Crippen LogP contribution in [0, 0.1) is 0 Å². The molecule has 0 fully saturated rings. The Morgan fingerprint density at radius 2 is 1.86 bits per heavy atom. The first-order chi connectivity index (χ1) is 13.5. The zero-order chi connectivity index (χ0) is 20.1. The highest BCUT2D eigenvalue weighted by atomic mass is 16.3.